The molecule has 0 bridgehead atoms. The minimum absolute atomic E-state index is 0.533. The minimum atomic E-state index is 0.533. The number of nitrogens with one attached hydrogen (secondary N) is 1. The van der Waals surface area contributed by atoms with E-state index in [-0.39, 0.29) is 0 Å². The Morgan fingerprint density at radius 1 is 1.57 bits per heavy atom. The molecule has 14 heavy (non-hydrogen) atoms. The second-order valence-corrected chi connectivity index (χ2v) is 5.03. The molecule has 1 saturated carbocycles. The molecule has 0 amide bonds. The van der Waals surface area contributed by atoms with E-state index < -0.39 is 0 Å². The van der Waals surface area contributed by atoms with E-state index in [1.54, 1.807) is 0 Å². The van der Waals surface area contributed by atoms with Crippen molar-refractivity contribution in [3.63, 3.8) is 0 Å². The Labute approximate surface area is 89.5 Å². The number of hydrogen-bond donors (Lipinski definition) is 2. The summed E-state index contributed by atoms with van der Waals surface area (Å²) in [6.07, 6.45) is 4.11. The van der Waals surface area contributed by atoms with Crippen LogP contribution in [0.5, 0.6) is 0 Å². The number of nitrogens with two attached hydrogens (primary N) is 1. The smallest absolute Gasteiger partial charge is 0.0302 e. The van der Waals surface area contributed by atoms with Gasteiger partial charge in [0.15, 0.2) is 0 Å². The third kappa shape index (κ3) is 2.35. The molecular formula is C11H18N2S. The standard InChI is InChI=1S/C11H18N2S/c12-7-11(9-3-1-4-9)13-8-10-5-2-6-14-10/h2,5-6,9,11,13H,1,3-4,7-8,12H2. The highest BCUT2D eigenvalue weighted by Crippen LogP contribution is 2.29. The third-order valence-corrected chi connectivity index (χ3v) is 3.97. The molecule has 2 nitrogen and oxygen atoms in total. The summed E-state index contributed by atoms with van der Waals surface area (Å²) in [5, 5.41) is 5.68. The fourth-order valence-corrected chi connectivity index (χ4v) is 2.59. The van der Waals surface area contributed by atoms with Gasteiger partial charge < -0.3 is 11.1 Å². The van der Waals surface area contributed by atoms with Crippen LogP contribution in [-0.4, -0.2) is 12.6 Å². The first-order chi connectivity index (χ1) is 6.90. The summed E-state index contributed by atoms with van der Waals surface area (Å²) in [5.41, 5.74) is 5.76. The highest BCUT2D eigenvalue weighted by atomic mass is 32.1. The van der Waals surface area contributed by atoms with Crippen molar-refractivity contribution in [3.05, 3.63) is 22.4 Å². The lowest BCUT2D eigenvalue weighted by Crippen LogP contribution is -2.44. The van der Waals surface area contributed by atoms with Crippen LogP contribution in [0.2, 0.25) is 0 Å². The Morgan fingerprint density at radius 3 is 2.93 bits per heavy atom. The third-order valence-electron chi connectivity index (χ3n) is 3.09. The van der Waals surface area contributed by atoms with Crippen molar-refractivity contribution < 1.29 is 0 Å². The molecule has 0 aliphatic heterocycles. The summed E-state index contributed by atoms with van der Waals surface area (Å²) in [7, 11) is 0. The quantitative estimate of drug-likeness (QED) is 0.779. The van der Waals surface area contributed by atoms with E-state index in [4.69, 9.17) is 5.73 Å². The predicted octanol–water partition coefficient (Wildman–Crippen LogP) is 1.97. The normalized spacial score (nSPS) is 19.2. The van der Waals surface area contributed by atoms with Gasteiger partial charge in [0.1, 0.15) is 0 Å². The average molecular weight is 210 g/mol. The van der Waals surface area contributed by atoms with Gasteiger partial charge in [-0.2, -0.15) is 0 Å². The van der Waals surface area contributed by atoms with Crippen LogP contribution < -0.4 is 11.1 Å². The van der Waals surface area contributed by atoms with Gasteiger partial charge in [-0.1, -0.05) is 12.5 Å². The van der Waals surface area contributed by atoms with Gasteiger partial charge >= 0.3 is 0 Å². The van der Waals surface area contributed by atoms with Crippen molar-refractivity contribution in [2.75, 3.05) is 6.54 Å². The zero-order chi connectivity index (χ0) is 9.80. The molecule has 78 valence electrons. The molecule has 1 aromatic heterocycles. The second kappa shape index (κ2) is 4.91. The first-order valence-electron chi connectivity index (χ1n) is 5.36. The van der Waals surface area contributed by atoms with Gasteiger partial charge in [-0.25, -0.2) is 0 Å². The molecule has 1 aromatic rings. The molecule has 3 N–H and O–H groups in total. The van der Waals surface area contributed by atoms with E-state index in [1.807, 2.05) is 11.3 Å². The molecule has 1 heterocycles. The van der Waals surface area contributed by atoms with Crippen molar-refractivity contribution in [1.29, 1.82) is 0 Å². The fourth-order valence-electron chi connectivity index (χ4n) is 1.93. The van der Waals surface area contributed by atoms with Crippen molar-refractivity contribution >= 4 is 11.3 Å². The minimum Gasteiger partial charge on any atom is -0.329 e. The molecule has 1 aliphatic rings. The Kier molecular flexibility index (Phi) is 3.56. The Morgan fingerprint density at radius 2 is 2.43 bits per heavy atom. The van der Waals surface area contributed by atoms with Crippen LogP contribution in [0.25, 0.3) is 0 Å². The lowest BCUT2D eigenvalue weighted by molar-refractivity contribution is 0.232. The number of thiophene rings is 1. The van der Waals surface area contributed by atoms with E-state index in [0.29, 0.717) is 6.04 Å². The molecule has 3 heteroatoms. The Balaban J connectivity index is 1.77. The summed E-state index contributed by atoms with van der Waals surface area (Å²) >= 11 is 1.81. The summed E-state index contributed by atoms with van der Waals surface area (Å²) in [6, 6.07) is 4.81. The lowest BCUT2D eigenvalue weighted by atomic mass is 9.80. The van der Waals surface area contributed by atoms with Gasteiger partial charge in [-0.05, 0) is 30.2 Å². The Hall–Kier alpha value is -0.380. The van der Waals surface area contributed by atoms with Crippen LogP contribution in [0.15, 0.2) is 17.5 Å². The monoisotopic (exact) mass is 210 g/mol. The van der Waals surface area contributed by atoms with E-state index in [1.165, 1.54) is 24.1 Å². The van der Waals surface area contributed by atoms with Crippen LogP contribution >= 0.6 is 11.3 Å². The first kappa shape index (κ1) is 10.1. The molecule has 1 unspecified atom stereocenters. The molecule has 1 fully saturated rings. The summed E-state index contributed by atoms with van der Waals surface area (Å²) in [6.45, 7) is 1.76. The molecule has 2 rings (SSSR count). The van der Waals surface area contributed by atoms with Crippen molar-refractivity contribution in [1.82, 2.24) is 5.32 Å². The maximum Gasteiger partial charge on any atom is 0.0302 e. The van der Waals surface area contributed by atoms with E-state index in [2.05, 4.69) is 22.8 Å². The largest absolute Gasteiger partial charge is 0.329 e. The maximum absolute atomic E-state index is 5.76. The van der Waals surface area contributed by atoms with Gasteiger partial charge in [0.25, 0.3) is 0 Å². The van der Waals surface area contributed by atoms with E-state index in [9.17, 15) is 0 Å². The van der Waals surface area contributed by atoms with E-state index in [0.717, 1.165) is 19.0 Å². The van der Waals surface area contributed by atoms with Crippen molar-refractivity contribution in [2.45, 2.75) is 31.8 Å². The van der Waals surface area contributed by atoms with Crippen LogP contribution in [0.3, 0.4) is 0 Å². The molecular weight excluding hydrogens is 192 g/mol. The SMILES string of the molecule is NCC(NCc1cccs1)C1CCC1. The number of rotatable bonds is 5. The molecule has 1 atom stereocenters. The van der Waals surface area contributed by atoms with Crippen LogP contribution in [0.1, 0.15) is 24.1 Å². The molecule has 0 saturated heterocycles. The van der Waals surface area contributed by atoms with Crippen LogP contribution in [-0.2, 0) is 6.54 Å². The van der Waals surface area contributed by atoms with E-state index >= 15 is 0 Å². The second-order valence-electron chi connectivity index (χ2n) is 3.99. The predicted molar refractivity (Wildman–Crippen MR) is 61.3 cm³/mol. The Bertz CT molecular complexity index is 254. The van der Waals surface area contributed by atoms with Gasteiger partial charge in [-0.3, -0.25) is 0 Å². The van der Waals surface area contributed by atoms with Gasteiger partial charge in [-0.15, -0.1) is 11.3 Å². The van der Waals surface area contributed by atoms with Crippen LogP contribution in [0, 0.1) is 5.92 Å². The summed E-state index contributed by atoms with van der Waals surface area (Å²) in [5.74, 6) is 0.833. The summed E-state index contributed by atoms with van der Waals surface area (Å²) in [4.78, 5) is 1.41. The van der Waals surface area contributed by atoms with Gasteiger partial charge in [0.2, 0.25) is 0 Å². The van der Waals surface area contributed by atoms with Crippen molar-refractivity contribution in [3.8, 4) is 0 Å². The first-order valence-corrected chi connectivity index (χ1v) is 6.24. The fraction of sp³-hybridized carbons (Fsp3) is 0.636. The molecule has 0 radical (unpaired) electrons. The number of hydrogen-bond acceptors (Lipinski definition) is 3. The van der Waals surface area contributed by atoms with Gasteiger partial charge in [0, 0.05) is 24.0 Å². The molecule has 1 aliphatic carbocycles. The molecule has 0 spiro atoms. The molecule has 0 aromatic carbocycles. The maximum atomic E-state index is 5.76. The van der Waals surface area contributed by atoms with Crippen molar-refractivity contribution in [2.24, 2.45) is 11.7 Å². The van der Waals surface area contributed by atoms with Gasteiger partial charge in [0.05, 0.1) is 0 Å². The average Bonchev–Trinajstić information content (AvgIpc) is 2.61. The topological polar surface area (TPSA) is 38.0 Å². The zero-order valence-electron chi connectivity index (χ0n) is 8.41. The lowest BCUT2D eigenvalue weighted by Gasteiger charge is -2.33. The highest BCUT2D eigenvalue weighted by Gasteiger charge is 2.25. The zero-order valence-corrected chi connectivity index (χ0v) is 9.22. The van der Waals surface area contributed by atoms with Crippen LogP contribution in [0.4, 0.5) is 0 Å². The highest BCUT2D eigenvalue weighted by molar-refractivity contribution is 7.09. The summed E-state index contributed by atoms with van der Waals surface area (Å²) < 4.78 is 0.